The molecule has 0 bridgehead atoms. The first-order valence-corrected chi connectivity index (χ1v) is 22.7. The molecule has 4 amide bonds. The Hall–Kier alpha value is -5.96. The number of nitrogens with zero attached hydrogens (tertiary/aromatic N) is 2. The van der Waals surface area contributed by atoms with Gasteiger partial charge in [-0.3, -0.25) is 19.1 Å². The number of rotatable bonds is 14. The Morgan fingerprint density at radius 3 is 2.21 bits per heavy atom. The molecule has 1 aromatic heterocycles. The summed E-state index contributed by atoms with van der Waals surface area (Å²) in [5, 5.41) is 6.29. The van der Waals surface area contributed by atoms with Gasteiger partial charge in [0.25, 0.3) is 5.91 Å². The zero-order valence-corrected chi connectivity index (χ0v) is 37.7. The number of ether oxygens (including phenoxy) is 3. The van der Waals surface area contributed by atoms with Gasteiger partial charge in [0.2, 0.25) is 21.8 Å². The number of carbonyl (C=O) groups is 4. The molecule has 2 saturated carbocycles. The summed E-state index contributed by atoms with van der Waals surface area (Å²) in [7, 11) is -2.61. The van der Waals surface area contributed by atoms with Gasteiger partial charge in [0.05, 0.1) is 29.6 Å². The first-order valence-electron chi connectivity index (χ1n) is 21.2. The number of nitrogens with one attached hydrogen (secondary N) is 3. The Labute approximate surface area is 369 Å². The van der Waals surface area contributed by atoms with E-state index in [2.05, 4.69) is 21.9 Å². The molecule has 3 N–H and O–H groups in total. The normalized spacial score (nSPS) is 22.0. The van der Waals surface area contributed by atoms with Crippen LogP contribution in [0.15, 0.2) is 97.6 Å². The monoisotopic (exact) mass is 879 g/mol. The molecule has 2 heterocycles. The third-order valence-corrected chi connectivity index (χ3v) is 14.1. The summed E-state index contributed by atoms with van der Waals surface area (Å²) in [5.74, 6) is -1.64. The van der Waals surface area contributed by atoms with E-state index in [0.717, 1.165) is 11.1 Å². The van der Waals surface area contributed by atoms with Crippen molar-refractivity contribution >= 4 is 44.7 Å². The van der Waals surface area contributed by atoms with Crippen LogP contribution in [0.1, 0.15) is 72.8 Å². The van der Waals surface area contributed by atoms with Crippen molar-refractivity contribution in [2.75, 3.05) is 13.7 Å². The summed E-state index contributed by atoms with van der Waals surface area (Å²) in [6.45, 7) is 14.3. The van der Waals surface area contributed by atoms with E-state index in [1.165, 1.54) is 11.0 Å². The molecule has 1 aliphatic heterocycles. The molecule has 5 atom stereocenters. The van der Waals surface area contributed by atoms with E-state index in [4.69, 9.17) is 19.2 Å². The van der Waals surface area contributed by atoms with Crippen molar-refractivity contribution in [3.63, 3.8) is 0 Å². The molecule has 63 heavy (non-hydrogen) atoms. The molecule has 0 spiro atoms. The molecule has 7 rings (SSSR count). The van der Waals surface area contributed by atoms with Crippen LogP contribution < -0.4 is 24.8 Å². The van der Waals surface area contributed by atoms with Gasteiger partial charge in [-0.1, -0.05) is 87.5 Å². The quantitative estimate of drug-likeness (QED) is 0.119. The number of likely N-dealkylation sites (tertiary alicyclic amines) is 1. The van der Waals surface area contributed by atoms with Gasteiger partial charge in [-0.05, 0) is 69.6 Å². The lowest BCUT2D eigenvalue weighted by molar-refractivity contribution is -0.143. The number of pyridine rings is 1. The Bertz CT molecular complexity index is 2520. The van der Waals surface area contributed by atoms with Gasteiger partial charge in [-0.2, -0.15) is 0 Å². The second-order valence-electron chi connectivity index (χ2n) is 19.0. The number of amides is 4. The second-order valence-corrected chi connectivity index (χ2v) is 21.0. The third-order valence-electron chi connectivity index (χ3n) is 12.0. The minimum atomic E-state index is -4.18. The van der Waals surface area contributed by atoms with Crippen LogP contribution in [0, 0.1) is 11.3 Å². The van der Waals surface area contributed by atoms with E-state index in [0.29, 0.717) is 40.9 Å². The molecule has 0 radical (unpaired) electrons. The van der Waals surface area contributed by atoms with Gasteiger partial charge in [-0.15, -0.1) is 6.58 Å². The summed E-state index contributed by atoms with van der Waals surface area (Å²) < 4.78 is 46.7. The topological polar surface area (TPSA) is 182 Å². The van der Waals surface area contributed by atoms with Gasteiger partial charge in [0.1, 0.15) is 40.8 Å². The van der Waals surface area contributed by atoms with E-state index in [1.807, 2.05) is 72.8 Å². The van der Waals surface area contributed by atoms with Crippen molar-refractivity contribution < 1.29 is 41.8 Å². The highest BCUT2D eigenvalue weighted by Gasteiger charge is 2.63. The Morgan fingerprint density at radius 1 is 0.952 bits per heavy atom. The molecule has 3 fully saturated rings. The van der Waals surface area contributed by atoms with Gasteiger partial charge in [0, 0.05) is 35.4 Å². The first-order chi connectivity index (χ1) is 29.7. The highest BCUT2D eigenvalue weighted by atomic mass is 32.2. The van der Waals surface area contributed by atoms with Crippen molar-refractivity contribution in [3.8, 4) is 22.8 Å². The SMILES string of the molecule is C=CC1CC1(NC(=O)C1CC(Oc2cc(-c3ccccc3)nc3cc(OC)ccc23)CN1C(=O)C(NC(=O)OC(C)(C)C)C(C)(C)C)C(=O)NS(=O)(=O)C1(Cc2ccccc2)CC1. The zero-order valence-electron chi connectivity index (χ0n) is 36.9. The molecule has 4 aromatic rings. The molecular formula is C48H57N5O9S. The number of sulfonamides is 1. The molecule has 334 valence electrons. The standard InChI is InChI=1S/C48H57N5O9S/c1-9-32-28-48(32,43(56)52-63(58,59)47(22-23-47)27-30-16-12-10-13-17-30)51-41(54)38-25-34(29-53(38)42(55)40(45(2,3)4)50-44(57)62-46(5,6)7)61-39-26-36(31-18-14-11-15-19-31)49-37-24-33(60-8)20-21-35(37)39/h9-21,24,26,32,34,38,40H,1,22-23,25,27-29H2,2-8H3,(H,50,57)(H,51,54)(H,52,56). The fourth-order valence-corrected chi connectivity index (χ4v) is 9.90. The molecular weight excluding hydrogens is 823 g/mol. The van der Waals surface area contributed by atoms with E-state index in [1.54, 1.807) is 60.8 Å². The van der Waals surface area contributed by atoms with Crippen molar-refractivity contribution in [1.29, 1.82) is 0 Å². The summed E-state index contributed by atoms with van der Waals surface area (Å²) in [4.78, 5) is 63.2. The first kappa shape index (κ1) is 45.1. The molecule has 2 aliphatic carbocycles. The maximum atomic E-state index is 14.8. The smallest absolute Gasteiger partial charge is 0.408 e. The Kier molecular flexibility index (Phi) is 12.1. The predicted molar refractivity (Wildman–Crippen MR) is 239 cm³/mol. The van der Waals surface area contributed by atoms with Crippen molar-refractivity contribution in [3.05, 3.63) is 103 Å². The molecule has 5 unspecified atom stereocenters. The zero-order chi connectivity index (χ0) is 45.5. The minimum Gasteiger partial charge on any atom is -0.497 e. The fraction of sp³-hybridized carbons (Fsp3) is 0.438. The molecule has 14 nitrogen and oxygen atoms in total. The molecule has 1 saturated heterocycles. The summed E-state index contributed by atoms with van der Waals surface area (Å²) in [6.07, 6.45) is 1.06. The van der Waals surface area contributed by atoms with E-state index in [9.17, 15) is 27.6 Å². The predicted octanol–water partition coefficient (Wildman–Crippen LogP) is 6.48. The van der Waals surface area contributed by atoms with Crippen LogP contribution in [0.2, 0.25) is 0 Å². The van der Waals surface area contributed by atoms with E-state index in [-0.39, 0.29) is 25.8 Å². The molecule has 15 heteroatoms. The lowest BCUT2D eigenvalue weighted by Crippen LogP contribution is -2.60. The summed E-state index contributed by atoms with van der Waals surface area (Å²) >= 11 is 0. The second kappa shape index (κ2) is 17.0. The highest BCUT2D eigenvalue weighted by Crippen LogP contribution is 2.49. The van der Waals surface area contributed by atoms with Gasteiger partial charge >= 0.3 is 6.09 Å². The average molecular weight is 880 g/mol. The number of alkyl carbamates (subject to hydrolysis) is 1. The largest absolute Gasteiger partial charge is 0.497 e. The third kappa shape index (κ3) is 9.68. The minimum absolute atomic E-state index is 0.00352. The van der Waals surface area contributed by atoms with Crippen LogP contribution in [0.4, 0.5) is 4.79 Å². The highest BCUT2D eigenvalue weighted by molar-refractivity contribution is 7.91. The lowest BCUT2D eigenvalue weighted by atomic mass is 9.85. The Morgan fingerprint density at radius 2 is 1.62 bits per heavy atom. The van der Waals surface area contributed by atoms with Crippen LogP contribution >= 0.6 is 0 Å². The van der Waals surface area contributed by atoms with Gasteiger partial charge in [-0.25, -0.2) is 18.2 Å². The van der Waals surface area contributed by atoms with Gasteiger partial charge in [0.15, 0.2) is 0 Å². The maximum Gasteiger partial charge on any atom is 0.408 e. The fourth-order valence-electron chi connectivity index (χ4n) is 8.26. The maximum absolute atomic E-state index is 14.8. The van der Waals surface area contributed by atoms with Crippen molar-refractivity contribution in [2.45, 2.75) is 108 Å². The summed E-state index contributed by atoms with van der Waals surface area (Å²) in [5.41, 5.74) is -0.431. The number of carbonyl (C=O) groups excluding carboxylic acids is 4. The summed E-state index contributed by atoms with van der Waals surface area (Å²) in [6, 6.07) is 23.7. The lowest BCUT2D eigenvalue weighted by Gasteiger charge is -2.36. The number of hydrogen-bond acceptors (Lipinski definition) is 10. The molecule has 3 aliphatic rings. The number of benzene rings is 3. The van der Waals surface area contributed by atoms with Crippen LogP contribution in [0.5, 0.6) is 11.5 Å². The average Bonchev–Trinajstić information content (AvgIpc) is 4.13. The van der Waals surface area contributed by atoms with Crippen LogP contribution in [0.3, 0.4) is 0 Å². The van der Waals surface area contributed by atoms with E-state index >= 15 is 0 Å². The van der Waals surface area contributed by atoms with Crippen molar-refractivity contribution in [2.24, 2.45) is 11.3 Å². The number of aromatic nitrogens is 1. The van der Waals surface area contributed by atoms with E-state index < -0.39 is 79.2 Å². The number of fused-ring (bicyclic) bond motifs is 1. The Balaban J connectivity index is 1.20. The van der Waals surface area contributed by atoms with Crippen LogP contribution in [-0.2, 0) is 35.6 Å². The number of methoxy groups -OCH3 is 1. The number of hydrogen-bond donors (Lipinski definition) is 3. The van der Waals surface area contributed by atoms with Crippen LogP contribution in [-0.4, -0.2) is 89.8 Å². The van der Waals surface area contributed by atoms with Crippen LogP contribution in [0.25, 0.3) is 22.2 Å². The van der Waals surface area contributed by atoms with Crippen molar-refractivity contribution in [1.82, 2.24) is 25.2 Å². The van der Waals surface area contributed by atoms with Gasteiger partial charge < -0.3 is 29.7 Å². The molecule has 3 aromatic carbocycles.